The van der Waals surface area contributed by atoms with E-state index in [9.17, 15) is 23.3 Å². The SMILES string of the molecule is CC(=O)N1CCN(S(=O)(=O)c2cc([N+](=O)[O-])ccc2Sc2cc(C)ccc2C)CC1. The van der Waals surface area contributed by atoms with Crippen molar-refractivity contribution in [2.75, 3.05) is 26.2 Å². The number of rotatable bonds is 5. The molecule has 160 valence electrons. The van der Waals surface area contributed by atoms with Crippen molar-refractivity contribution in [3.8, 4) is 0 Å². The first kappa shape index (κ1) is 22.3. The largest absolute Gasteiger partial charge is 0.340 e. The van der Waals surface area contributed by atoms with E-state index in [0.29, 0.717) is 18.0 Å². The normalized spacial score (nSPS) is 15.2. The molecule has 0 N–H and O–H groups in total. The molecule has 1 aliphatic heterocycles. The summed E-state index contributed by atoms with van der Waals surface area (Å²) in [6.07, 6.45) is 0. The molecule has 1 heterocycles. The van der Waals surface area contributed by atoms with Gasteiger partial charge in [-0.2, -0.15) is 4.31 Å². The minimum Gasteiger partial charge on any atom is -0.340 e. The van der Waals surface area contributed by atoms with Gasteiger partial charge in [-0.1, -0.05) is 23.9 Å². The molecule has 0 bridgehead atoms. The van der Waals surface area contributed by atoms with Crippen LogP contribution in [0.25, 0.3) is 0 Å². The Hall–Kier alpha value is -2.43. The topological polar surface area (TPSA) is 101 Å². The Kier molecular flexibility index (Phi) is 6.49. The maximum atomic E-state index is 13.4. The molecule has 0 radical (unpaired) electrons. The van der Waals surface area contributed by atoms with Gasteiger partial charge in [-0.25, -0.2) is 8.42 Å². The number of hydrogen-bond donors (Lipinski definition) is 0. The van der Waals surface area contributed by atoms with Gasteiger partial charge < -0.3 is 4.90 Å². The number of sulfonamides is 1. The van der Waals surface area contributed by atoms with Crippen LogP contribution in [-0.4, -0.2) is 54.6 Å². The van der Waals surface area contributed by atoms with Crippen molar-refractivity contribution in [3.63, 3.8) is 0 Å². The lowest BCUT2D eigenvalue weighted by Crippen LogP contribution is -2.50. The third kappa shape index (κ3) is 4.66. The molecule has 0 spiro atoms. The zero-order valence-electron chi connectivity index (χ0n) is 17.0. The van der Waals surface area contributed by atoms with Crippen LogP contribution in [0.1, 0.15) is 18.1 Å². The molecule has 1 amide bonds. The van der Waals surface area contributed by atoms with Crippen LogP contribution >= 0.6 is 11.8 Å². The van der Waals surface area contributed by atoms with E-state index < -0.39 is 14.9 Å². The van der Waals surface area contributed by atoms with Crippen molar-refractivity contribution < 1.29 is 18.1 Å². The summed E-state index contributed by atoms with van der Waals surface area (Å²) in [5.41, 5.74) is 1.75. The molecule has 1 aliphatic rings. The molecule has 1 fully saturated rings. The quantitative estimate of drug-likeness (QED) is 0.513. The Labute approximate surface area is 180 Å². The number of benzene rings is 2. The van der Waals surface area contributed by atoms with Gasteiger partial charge in [0.25, 0.3) is 5.69 Å². The predicted octanol–water partition coefficient (Wildman–Crippen LogP) is 3.22. The van der Waals surface area contributed by atoms with Crippen molar-refractivity contribution in [1.29, 1.82) is 0 Å². The van der Waals surface area contributed by atoms with Crippen LogP contribution in [-0.2, 0) is 14.8 Å². The summed E-state index contributed by atoms with van der Waals surface area (Å²) in [5.74, 6) is -0.103. The summed E-state index contributed by atoms with van der Waals surface area (Å²) in [5, 5.41) is 11.3. The fraction of sp³-hybridized carbons (Fsp3) is 0.350. The van der Waals surface area contributed by atoms with Crippen molar-refractivity contribution in [3.05, 3.63) is 57.6 Å². The van der Waals surface area contributed by atoms with Gasteiger partial charge in [-0.05, 0) is 37.1 Å². The number of nitro benzene ring substituents is 1. The van der Waals surface area contributed by atoms with E-state index in [1.165, 1.54) is 35.1 Å². The number of piperazine rings is 1. The summed E-state index contributed by atoms with van der Waals surface area (Å²) >= 11 is 1.28. The minimum absolute atomic E-state index is 0.0844. The van der Waals surface area contributed by atoms with Crippen LogP contribution in [0, 0.1) is 24.0 Å². The molecule has 1 saturated heterocycles. The van der Waals surface area contributed by atoms with Crippen molar-refractivity contribution in [2.24, 2.45) is 0 Å². The fourth-order valence-corrected chi connectivity index (χ4v) is 6.18. The molecule has 0 aromatic heterocycles. The maximum Gasteiger partial charge on any atom is 0.270 e. The van der Waals surface area contributed by atoms with Crippen LogP contribution in [0.4, 0.5) is 5.69 Å². The third-order valence-corrected chi connectivity index (χ3v) is 8.31. The second-order valence-electron chi connectivity index (χ2n) is 7.17. The molecule has 0 atom stereocenters. The van der Waals surface area contributed by atoms with Crippen LogP contribution in [0.15, 0.2) is 51.1 Å². The average molecular weight is 450 g/mol. The first-order chi connectivity index (χ1) is 14.1. The van der Waals surface area contributed by atoms with Crippen LogP contribution < -0.4 is 0 Å². The molecule has 2 aromatic rings. The monoisotopic (exact) mass is 449 g/mol. The molecular weight excluding hydrogens is 426 g/mol. The van der Waals surface area contributed by atoms with Crippen molar-refractivity contribution in [1.82, 2.24) is 9.21 Å². The van der Waals surface area contributed by atoms with E-state index in [-0.39, 0.29) is 29.6 Å². The summed E-state index contributed by atoms with van der Waals surface area (Å²) < 4.78 is 28.1. The van der Waals surface area contributed by atoms with E-state index in [1.54, 1.807) is 4.90 Å². The molecule has 0 saturated carbocycles. The second-order valence-corrected chi connectivity index (χ2v) is 10.2. The molecule has 30 heavy (non-hydrogen) atoms. The maximum absolute atomic E-state index is 13.4. The molecule has 8 nitrogen and oxygen atoms in total. The van der Waals surface area contributed by atoms with Gasteiger partial charge in [0.15, 0.2) is 0 Å². The van der Waals surface area contributed by atoms with E-state index in [1.807, 2.05) is 32.0 Å². The summed E-state index contributed by atoms with van der Waals surface area (Å²) in [4.78, 5) is 25.1. The Bertz CT molecular complexity index is 1090. The van der Waals surface area contributed by atoms with Gasteiger partial charge in [0.05, 0.1) is 4.92 Å². The lowest BCUT2D eigenvalue weighted by Gasteiger charge is -2.33. The van der Waals surface area contributed by atoms with Crippen LogP contribution in [0.3, 0.4) is 0 Å². The van der Waals surface area contributed by atoms with Crippen LogP contribution in [0.5, 0.6) is 0 Å². The Balaban J connectivity index is 2.01. The zero-order valence-corrected chi connectivity index (χ0v) is 18.6. The van der Waals surface area contributed by atoms with E-state index in [2.05, 4.69) is 0 Å². The highest BCUT2D eigenvalue weighted by atomic mass is 32.2. The Morgan fingerprint density at radius 3 is 2.30 bits per heavy atom. The standard InChI is InChI=1S/C20H23N3O5S2/c1-14-4-5-15(2)19(12-14)29-18-7-6-17(23(25)26)13-20(18)30(27,28)22-10-8-21(9-11-22)16(3)24/h4-7,12-13H,8-11H2,1-3H3. The predicted molar refractivity (Wildman–Crippen MR) is 114 cm³/mol. The zero-order chi connectivity index (χ0) is 22.1. The second kappa shape index (κ2) is 8.75. The van der Waals surface area contributed by atoms with E-state index >= 15 is 0 Å². The fourth-order valence-electron chi connectivity index (χ4n) is 3.21. The average Bonchev–Trinajstić information content (AvgIpc) is 2.70. The number of aryl methyl sites for hydroxylation is 2. The van der Waals surface area contributed by atoms with Crippen LogP contribution in [0.2, 0.25) is 0 Å². The van der Waals surface area contributed by atoms with Gasteiger partial charge in [0, 0.05) is 55.0 Å². The lowest BCUT2D eigenvalue weighted by molar-refractivity contribution is -0.385. The summed E-state index contributed by atoms with van der Waals surface area (Å²) in [6, 6.07) is 9.83. The smallest absolute Gasteiger partial charge is 0.270 e. The molecule has 2 aromatic carbocycles. The number of carbonyl (C=O) groups excluding carboxylic acids is 1. The number of nitrogens with zero attached hydrogens (tertiary/aromatic N) is 3. The number of nitro groups is 1. The van der Waals surface area contributed by atoms with Crippen molar-refractivity contribution >= 4 is 33.4 Å². The first-order valence-electron chi connectivity index (χ1n) is 9.39. The molecular formula is C20H23N3O5S2. The molecule has 10 heteroatoms. The van der Waals surface area contributed by atoms with Gasteiger partial charge in [0.2, 0.25) is 15.9 Å². The highest BCUT2D eigenvalue weighted by Gasteiger charge is 2.32. The number of amides is 1. The highest BCUT2D eigenvalue weighted by Crippen LogP contribution is 2.38. The number of non-ortho nitro benzene ring substituents is 1. The van der Waals surface area contributed by atoms with E-state index in [0.717, 1.165) is 22.1 Å². The molecule has 3 rings (SSSR count). The van der Waals surface area contributed by atoms with Gasteiger partial charge in [0.1, 0.15) is 4.90 Å². The third-order valence-electron chi connectivity index (χ3n) is 5.00. The van der Waals surface area contributed by atoms with Crippen molar-refractivity contribution in [2.45, 2.75) is 35.5 Å². The van der Waals surface area contributed by atoms with E-state index in [4.69, 9.17) is 0 Å². The first-order valence-corrected chi connectivity index (χ1v) is 11.6. The van der Waals surface area contributed by atoms with Gasteiger partial charge >= 0.3 is 0 Å². The molecule has 0 aliphatic carbocycles. The summed E-state index contributed by atoms with van der Waals surface area (Å²) in [7, 11) is -3.97. The number of carbonyl (C=O) groups is 1. The lowest BCUT2D eigenvalue weighted by atomic mass is 10.2. The highest BCUT2D eigenvalue weighted by molar-refractivity contribution is 8.00. The minimum atomic E-state index is -3.97. The summed E-state index contributed by atoms with van der Waals surface area (Å²) in [6.45, 7) is 6.22. The Morgan fingerprint density at radius 1 is 1.03 bits per heavy atom. The van der Waals surface area contributed by atoms with Gasteiger partial charge in [-0.15, -0.1) is 0 Å². The number of hydrogen-bond acceptors (Lipinski definition) is 6. The Morgan fingerprint density at radius 2 is 1.70 bits per heavy atom. The van der Waals surface area contributed by atoms with Gasteiger partial charge in [-0.3, -0.25) is 14.9 Å². The molecule has 0 unspecified atom stereocenters.